The van der Waals surface area contributed by atoms with Crippen molar-refractivity contribution in [2.24, 2.45) is 5.92 Å². The van der Waals surface area contributed by atoms with E-state index in [2.05, 4.69) is 25.2 Å². The third-order valence-electron chi connectivity index (χ3n) is 3.22. The highest BCUT2D eigenvalue weighted by Crippen LogP contribution is 2.36. The van der Waals surface area contributed by atoms with Gasteiger partial charge in [-0.05, 0) is 43.2 Å². The summed E-state index contributed by atoms with van der Waals surface area (Å²) in [5.74, 6) is 2.09. The number of hydrogen-bond acceptors (Lipinski definition) is 5. The maximum absolute atomic E-state index is 5.92. The molecule has 0 saturated heterocycles. The first kappa shape index (κ1) is 11.0. The van der Waals surface area contributed by atoms with Crippen LogP contribution in [0.1, 0.15) is 25.7 Å². The molecule has 6 heteroatoms. The maximum Gasteiger partial charge on any atom is 0.231 e. The molecule has 1 heterocycles. The molecule has 3 rings (SSSR count). The van der Waals surface area contributed by atoms with Crippen LogP contribution < -0.4 is 10.2 Å². The Morgan fingerprint density at radius 2 is 2.00 bits per heavy atom. The Hall–Kier alpha value is -1.10. The standard InChI is InChI=1S/C11H16ClN5/c1-13-10-14-9(12)15-11(16-10)17(8-4-5-8)6-7-2-3-7/h7-8H,2-6H2,1H3,(H,13,14,15,16). The Morgan fingerprint density at radius 1 is 1.24 bits per heavy atom. The lowest BCUT2D eigenvalue weighted by molar-refractivity contribution is 0.694. The van der Waals surface area contributed by atoms with Crippen molar-refractivity contribution in [1.29, 1.82) is 0 Å². The van der Waals surface area contributed by atoms with Crippen molar-refractivity contribution < 1.29 is 0 Å². The average molecular weight is 254 g/mol. The van der Waals surface area contributed by atoms with Gasteiger partial charge in [0.15, 0.2) is 0 Å². The minimum atomic E-state index is 0.265. The minimum absolute atomic E-state index is 0.265. The van der Waals surface area contributed by atoms with Crippen molar-refractivity contribution in [1.82, 2.24) is 15.0 Å². The maximum atomic E-state index is 5.92. The first-order chi connectivity index (χ1) is 8.26. The van der Waals surface area contributed by atoms with Gasteiger partial charge in [0.1, 0.15) is 0 Å². The molecule has 2 saturated carbocycles. The van der Waals surface area contributed by atoms with Crippen molar-refractivity contribution in [3.05, 3.63) is 5.28 Å². The van der Waals surface area contributed by atoms with E-state index in [4.69, 9.17) is 11.6 Å². The first-order valence-corrected chi connectivity index (χ1v) is 6.50. The highest BCUT2D eigenvalue weighted by molar-refractivity contribution is 6.28. The van der Waals surface area contributed by atoms with Gasteiger partial charge in [-0.2, -0.15) is 15.0 Å². The van der Waals surface area contributed by atoms with Crippen LogP contribution in [-0.4, -0.2) is 34.6 Å². The predicted molar refractivity (Wildman–Crippen MR) is 67.5 cm³/mol. The predicted octanol–water partition coefficient (Wildman–Crippen LogP) is 1.95. The number of nitrogens with zero attached hydrogens (tertiary/aromatic N) is 4. The lowest BCUT2D eigenvalue weighted by Crippen LogP contribution is -2.30. The third kappa shape index (κ3) is 2.60. The second kappa shape index (κ2) is 4.29. The van der Waals surface area contributed by atoms with E-state index in [0.29, 0.717) is 12.0 Å². The van der Waals surface area contributed by atoms with E-state index < -0.39 is 0 Å². The SMILES string of the molecule is CNc1nc(Cl)nc(N(CC2CC2)C2CC2)n1. The molecular formula is C11H16ClN5. The summed E-state index contributed by atoms with van der Waals surface area (Å²) in [4.78, 5) is 15.0. The van der Waals surface area contributed by atoms with Gasteiger partial charge in [-0.25, -0.2) is 0 Å². The van der Waals surface area contributed by atoms with Gasteiger partial charge in [0.2, 0.25) is 17.2 Å². The molecule has 0 radical (unpaired) electrons. The topological polar surface area (TPSA) is 53.9 Å². The molecule has 0 aliphatic heterocycles. The fourth-order valence-corrected chi connectivity index (χ4v) is 2.09. The monoisotopic (exact) mass is 253 g/mol. The van der Waals surface area contributed by atoms with Crippen LogP contribution in [0.3, 0.4) is 0 Å². The van der Waals surface area contributed by atoms with Gasteiger partial charge < -0.3 is 10.2 Å². The average Bonchev–Trinajstić information content (AvgIpc) is 3.16. The molecule has 0 atom stereocenters. The van der Waals surface area contributed by atoms with Gasteiger partial charge in [-0.15, -0.1) is 0 Å². The summed E-state index contributed by atoms with van der Waals surface area (Å²) in [6, 6.07) is 0.610. The Bertz CT molecular complexity index is 416. The van der Waals surface area contributed by atoms with Crippen LogP contribution in [0.15, 0.2) is 0 Å². The van der Waals surface area contributed by atoms with Crippen molar-refractivity contribution in [2.45, 2.75) is 31.7 Å². The van der Waals surface area contributed by atoms with Gasteiger partial charge in [0.25, 0.3) is 0 Å². The van der Waals surface area contributed by atoms with E-state index in [1.54, 1.807) is 7.05 Å². The Kier molecular flexibility index (Phi) is 2.78. The lowest BCUT2D eigenvalue weighted by Gasteiger charge is -2.22. The summed E-state index contributed by atoms with van der Waals surface area (Å²) < 4.78 is 0. The van der Waals surface area contributed by atoms with Crippen molar-refractivity contribution in [2.75, 3.05) is 23.8 Å². The number of rotatable bonds is 5. The molecule has 0 unspecified atom stereocenters. The first-order valence-electron chi connectivity index (χ1n) is 6.12. The van der Waals surface area contributed by atoms with Crippen LogP contribution in [0.2, 0.25) is 5.28 Å². The molecule has 1 aromatic rings. The molecule has 5 nitrogen and oxygen atoms in total. The molecule has 2 fully saturated rings. The number of halogens is 1. The highest BCUT2D eigenvalue weighted by atomic mass is 35.5. The molecule has 0 bridgehead atoms. The van der Waals surface area contributed by atoms with Crippen LogP contribution in [0.4, 0.5) is 11.9 Å². The lowest BCUT2D eigenvalue weighted by atomic mass is 10.3. The van der Waals surface area contributed by atoms with Gasteiger partial charge in [-0.3, -0.25) is 0 Å². The van der Waals surface area contributed by atoms with E-state index in [-0.39, 0.29) is 5.28 Å². The molecular weight excluding hydrogens is 238 g/mol. The summed E-state index contributed by atoms with van der Waals surface area (Å²) in [7, 11) is 1.79. The molecule has 17 heavy (non-hydrogen) atoms. The molecule has 1 aromatic heterocycles. The van der Waals surface area contributed by atoms with E-state index >= 15 is 0 Å². The van der Waals surface area contributed by atoms with E-state index in [0.717, 1.165) is 18.4 Å². The van der Waals surface area contributed by atoms with Crippen LogP contribution >= 0.6 is 11.6 Å². The van der Waals surface area contributed by atoms with Crippen LogP contribution in [0.25, 0.3) is 0 Å². The number of aromatic nitrogens is 3. The molecule has 0 aromatic carbocycles. The van der Waals surface area contributed by atoms with Gasteiger partial charge >= 0.3 is 0 Å². The summed E-state index contributed by atoms with van der Waals surface area (Å²) in [5, 5.41) is 3.18. The third-order valence-corrected chi connectivity index (χ3v) is 3.39. The number of anilines is 2. The van der Waals surface area contributed by atoms with Crippen molar-refractivity contribution in [3.63, 3.8) is 0 Å². The van der Waals surface area contributed by atoms with Crippen LogP contribution in [0.5, 0.6) is 0 Å². The van der Waals surface area contributed by atoms with Gasteiger partial charge in [-0.1, -0.05) is 0 Å². The van der Waals surface area contributed by atoms with E-state index in [1.807, 2.05) is 0 Å². The molecule has 2 aliphatic rings. The Labute approximate surface area is 106 Å². The smallest absolute Gasteiger partial charge is 0.231 e. The van der Waals surface area contributed by atoms with Crippen molar-refractivity contribution in [3.8, 4) is 0 Å². The fourth-order valence-electron chi connectivity index (χ4n) is 1.94. The summed E-state index contributed by atoms with van der Waals surface area (Å²) in [6.45, 7) is 1.06. The van der Waals surface area contributed by atoms with Gasteiger partial charge in [0, 0.05) is 19.6 Å². The number of nitrogens with one attached hydrogen (secondary N) is 1. The van der Waals surface area contributed by atoms with Crippen LogP contribution in [-0.2, 0) is 0 Å². The summed E-state index contributed by atoms with van der Waals surface area (Å²) in [6.07, 6.45) is 5.15. The Balaban J connectivity index is 1.85. The second-order valence-corrected chi connectivity index (χ2v) is 5.14. The van der Waals surface area contributed by atoms with Crippen molar-refractivity contribution >= 4 is 23.5 Å². The second-order valence-electron chi connectivity index (χ2n) is 4.80. The largest absolute Gasteiger partial charge is 0.357 e. The minimum Gasteiger partial charge on any atom is -0.357 e. The zero-order valence-electron chi connectivity index (χ0n) is 9.86. The van der Waals surface area contributed by atoms with Gasteiger partial charge in [0.05, 0.1) is 0 Å². The normalized spacial score (nSPS) is 19.2. The van der Waals surface area contributed by atoms with Crippen LogP contribution in [0, 0.1) is 5.92 Å². The highest BCUT2D eigenvalue weighted by Gasteiger charge is 2.35. The summed E-state index contributed by atoms with van der Waals surface area (Å²) in [5.41, 5.74) is 0. The zero-order valence-corrected chi connectivity index (χ0v) is 10.6. The number of hydrogen-bond donors (Lipinski definition) is 1. The molecule has 0 amide bonds. The van der Waals surface area contributed by atoms with E-state index in [9.17, 15) is 0 Å². The quantitative estimate of drug-likeness (QED) is 0.869. The molecule has 1 N–H and O–H groups in total. The fraction of sp³-hybridized carbons (Fsp3) is 0.727. The summed E-state index contributed by atoms with van der Waals surface area (Å²) >= 11 is 5.92. The Morgan fingerprint density at radius 3 is 2.59 bits per heavy atom. The molecule has 2 aliphatic carbocycles. The zero-order chi connectivity index (χ0) is 11.8. The molecule has 92 valence electrons. The molecule has 0 spiro atoms. The van der Waals surface area contributed by atoms with E-state index in [1.165, 1.54) is 25.7 Å².